The van der Waals surface area contributed by atoms with Crippen LogP contribution >= 0.6 is 0 Å². The highest BCUT2D eigenvalue weighted by Crippen LogP contribution is 2.30. The summed E-state index contributed by atoms with van der Waals surface area (Å²) in [5, 5.41) is 3.68. The molecular weight excluding hydrogens is 347 g/mol. The predicted molar refractivity (Wildman–Crippen MR) is 90.0 cm³/mol. The monoisotopic (exact) mass is 367 g/mol. The first kappa shape index (κ1) is 18.2. The van der Waals surface area contributed by atoms with Crippen LogP contribution in [0.25, 0.3) is 0 Å². The van der Waals surface area contributed by atoms with Gasteiger partial charge in [-0.05, 0) is 31.0 Å². The zero-order chi connectivity index (χ0) is 18.9. The fourth-order valence-electron chi connectivity index (χ4n) is 3.03. The Kier molecular flexibility index (Phi) is 4.88. The van der Waals surface area contributed by atoms with Gasteiger partial charge in [0.2, 0.25) is 0 Å². The molecule has 3 heterocycles. The summed E-state index contributed by atoms with van der Waals surface area (Å²) >= 11 is 0. The molecule has 1 saturated heterocycles. The minimum Gasteiger partial charge on any atom is -0.354 e. The van der Waals surface area contributed by atoms with E-state index in [9.17, 15) is 18.0 Å². The fourth-order valence-corrected chi connectivity index (χ4v) is 3.03. The highest BCUT2D eigenvalue weighted by atomic mass is 19.4. The molecule has 9 heteroatoms. The Morgan fingerprint density at radius 2 is 2.04 bits per heavy atom. The molecule has 0 aromatic carbocycles. The van der Waals surface area contributed by atoms with Gasteiger partial charge in [-0.3, -0.25) is 9.48 Å². The largest absolute Gasteiger partial charge is 0.435 e. The highest BCUT2D eigenvalue weighted by molar-refractivity contribution is 5.93. The van der Waals surface area contributed by atoms with Crippen molar-refractivity contribution in [1.29, 1.82) is 0 Å². The summed E-state index contributed by atoms with van der Waals surface area (Å²) in [4.78, 5) is 19.8. The molecule has 2 aromatic rings. The number of hydrogen-bond acceptors (Lipinski definition) is 4. The number of carbonyl (C=O) groups is 1. The molecule has 0 aliphatic carbocycles. The third kappa shape index (κ3) is 3.81. The Balaban J connectivity index is 1.72. The Morgan fingerprint density at radius 3 is 2.62 bits per heavy atom. The van der Waals surface area contributed by atoms with Crippen LogP contribution in [-0.2, 0) is 6.18 Å². The van der Waals surface area contributed by atoms with E-state index in [-0.39, 0.29) is 11.9 Å². The van der Waals surface area contributed by atoms with Crippen LogP contribution in [0, 0.1) is 0 Å². The summed E-state index contributed by atoms with van der Waals surface area (Å²) in [6, 6.07) is 4.33. The summed E-state index contributed by atoms with van der Waals surface area (Å²) in [5.41, 5.74) is -0.381. The first-order valence-electron chi connectivity index (χ1n) is 8.30. The van der Waals surface area contributed by atoms with Crippen molar-refractivity contribution in [3.05, 3.63) is 41.9 Å². The lowest BCUT2D eigenvalue weighted by molar-refractivity contribution is -0.141. The van der Waals surface area contributed by atoms with Gasteiger partial charge in [0, 0.05) is 39.6 Å². The number of piperidine rings is 1. The van der Waals surface area contributed by atoms with Gasteiger partial charge in [-0.15, -0.1) is 0 Å². The van der Waals surface area contributed by atoms with Crippen molar-refractivity contribution in [3.63, 3.8) is 0 Å². The molecule has 6 nitrogen and oxygen atoms in total. The minimum absolute atomic E-state index is 0.128. The van der Waals surface area contributed by atoms with Gasteiger partial charge in [0.25, 0.3) is 5.91 Å². The molecule has 1 amide bonds. The molecule has 1 unspecified atom stereocenters. The van der Waals surface area contributed by atoms with E-state index in [1.807, 2.05) is 4.90 Å². The van der Waals surface area contributed by atoms with Gasteiger partial charge in [-0.25, -0.2) is 4.98 Å². The minimum atomic E-state index is -4.43. The number of amides is 1. The maximum absolute atomic E-state index is 12.7. The van der Waals surface area contributed by atoms with Gasteiger partial charge < -0.3 is 9.80 Å². The SMILES string of the molecule is CN(C)C(=O)c1ccc(N2CCCC(n3ccc(C(F)(F)F)n3)C2)nc1. The molecule has 1 aliphatic rings. The number of nitrogens with zero attached hydrogens (tertiary/aromatic N) is 5. The molecule has 26 heavy (non-hydrogen) atoms. The third-order valence-electron chi connectivity index (χ3n) is 4.39. The van der Waals surface area contributed by atoms with Crippen molar-refractivity contribution < 1.29 is 18.0 Å². The Hall–Kier alpha value is -2.58. The molecule has 0 saturated carbocycles. The van der Waals surface area contributed by atoms with Gasteiger partial charge in [0.05, 0.1) is 11.6 Å². The smallest absolute Gasteiger partial charge is 0.354 e. The Bertz CT molecular complexity index is 769. The normalized spacial score (nSPS) is 18.0. The van der Waals surface area contributed by atoms with E-state index < -0.39 is 11.9 Å². The number of carbonyl (C=O) groups excluding carboxylic acids is 1. The number of aromatic nitrogens is 3. The zero-order valence-corrected chi connectivity index (χ0v) is 14.6. The number of halogens is 3. The lowest BCUT2D eigenvalue weighted by Crippen LogP contribution is -2.37. The quantitative estimate of drug-likeness (QED) is 0.837. The summed E-state index contributed by atoms with van der Waals surface area (Å²) < 4.78 is 39.6. The van der Waals surface area contributed by atoms with E-state index in [4.69, 9.17) is 0 Å². The van der Waals surface area contributed by atoms with Crippen LogP contribution in [0.1, 0.15) is 34.9 Å². The second-order valence-electron chi connectivity index (χ2n) is 6.53. The molecule has 2 aromatic heterocycles. The van der Waals surface area contributed by atoms with E-state index in [1.54, 1.807) is 26.2 Å². The van der Waals surface area contributed by atoms with Crippen LogP contribution in [0.4, 0.5) is 19.0 Å². The van der Waals surface area contributed by atoms with Crippen molar-refractivity contribution in [1.82, 2.24) is 19.7 Å². The molecule has 1 fully saturated rings. The summed E-state index contributed by atoms with van der Waals surface area (Å²) in [6.45, 7) is 1.28. The topological polar surface area (TPSA) is 54.3 Å². The zero-order valence-electron chi connectivity index (χ0n) is 14.6. The number of alkyl halides is 3. The van der Waals surface area contributed by atoms with E-state index >= 15 is 0 Å². The number of rotatable bonds is 3. The lowest BCUT2D eigenvalue weighted by Gasteiger charge is -2.33. The maximum atomic E-state index is 12.7. The number of pyridine rings is 1. The van der Waals surface area contributed by atoms with Crippen LogP contribution in [-0.4, -0.2) is 52.8 Å². The summed E-state index contributed by atoms with van der Waals surface area (Å²) in [7, 11) is 3.34. The van der Waals surface area contributed by atoms with Gasteiger partial charge in [-0.1, -0.05) is 0 Å². The maximum Gasteiger partial charge on any atom is 0.435 e. The predicted octanol–water partition coefficient (Wildman–Crippen LogP) is 2.84. The molecule has 3 rings (SSSR count). The van der Waals surface area contributed by atoms with Crippen molar-refractivity contribution in [2.24, 2.45) is 0 Å². The van der Waals surface area contributed by atoms with Crippen LogP contribution < -0.4 is 4.90 Å². The van der Waals surface area contributed by atoms with Crippen molar-refractivity contribution in [3.8, 4) is 0 Å². The lowest BCUT2D eigenvalue weighted by atomic mass is 10.1. The van der Waals surface area contributed by atoms with Crippen LogP contribution in [0.3, 0.4) is 0 Å². The Morgan fingerprint density at radius 1 is 1.27 bits per heavy atom. The van der Waals surface area contributed by atoms with Crippen molar-refractivity contribution >= 4 is 11.7 Å². The first-order chi connectivity index (χ1) is 12.3. The van der Waals surface area contributed by atoms with E-state index in [0.717, 1.165) is 25.5 Å². The third-order valence-corrected chi connectivity index (χ3v) is 4.39. The molecule has 0 N–H and O–H groups in total. The molecule has 1 atom stereocenters. The fraction of sp³-hybridized carbons (Fsp3) is 0.471. The van der Waals surface area contributed by atoms with Crippen molar-refractivity contribution in [2.45, 2.75) is 25.1 Å². The average Bonchev–Trinajstić information content (AvgIpc) is 3.12. The van der Waals surface area contributed by atoms with Crippen LogP contribution in [0.2, 0.25) is 0 Å². The summed E-state index contributed by atoms with van der Waals surface area (Å²) in [5.74, 6) is 0.574. The summed E-state index contributed by atoms with van der Waals surface area (Å²) in [6.07, 6.45) is 0.0504. The molecule has 0 radical (unpaired) electrons. The number of hydrogen-bond donors (Lipinski definition) is 0. The van der Waals surface area contributed by atoms with E-state index in [2.05, 4.69) is 10.1 Å². The standard InChI is InChI=1S/C17H20F3N5O/c1-23(2)16(26)12-5-6-15(21-10-12)24-8-3-4-13(11-24)25-9-7-14(22-25)17(18,19)20/h5-7,9-10,13H,3-4,8,11H2,1-2H3. The molecule has 0 bridgehead atoms. The molecular formula is C17H20F3N5O. The second kappa shape index (κ2) is 6.97. The number of anilines is 1. The molecule has 140 valence electrons. The van der Waals surface area contributed by atoms with Crippen LogP contribution in [0.15, 0.2) is 30.6 Å². The first-order valence-corrected chi connectivity index (χ1v) is 8.30. The average molecular weight is 367 g/mol. The second-order valence-corrected chi connectivity index (χ2v) is 6.53. The van der Waals surface area contributed by atoms with Gasteiger partial charge in [0.15, 0.2) is 5.69 Å². The molecule has 0 spiro atoms. The van der Waals surface area contributed by atoms with Gasteiger partial charge >= 0.3 is 6.18 Å². The van der Waals surface area contributed by atoms with Crippen molar-refractivity contribution in [2.75, 3.05) is 32.1 Å². The highest BCUT2D eigenvalue weighted by Gasteiger charge is 2.34. The van der Waals surface area contributed by atoms with Gasteiger partial charge in [0.1, 0.15) is 5.82 Å². The van der Waals surface area contributed by atoms with Gasteiger partial charge in [-0.2, -0.15) is 18.3 Å². The van der Waals surface area contributed by atoms with E-state index in [0.29, 0.717) is 17.9 Å². The van der Waals surface area contributed by atoms with E-state index in [1.165, 1.54) is 22.0 Å². The molecule has 1 aliphatic heterocycles. The Labute approximate surface area is 149 Å². The van der Waals surface area contributed by atoms with Crippen LogP contribution in [0.5, 0.6) is 0 Å².